The molecule has 0 aliphatic carbocycles. The summed E-state index contributed by atoms with van der Waals surface area (Å²) >= 11 is 3.52. The molecule has 0 saturated heterocycles. The minimum Gasteiger partial charge on any atom is -0.484 e. The van der Waals surface area contributed by atoms with Crippen LogP contribution in [0, 0.1) is 13.8 Å². The highest BCUT2D eigenvalue weighted by molar-refractivity contribution is 9.10. The average molecular weight is 403 g/mol. The molecule has 1 aliphatic rings. The smallest absolute Gasteiger partial charge is 0.259 e. The van der Waals surface area contributed by atoms with Gasteiger partial charge < -0.3 is 9.47 Å². The lowest BCUT2D eigenvalue weighted by atomic mass is 10.1. The number of fused-ring (bicyclic) bond motifs is 1. The first-order valence-electron chi connectivity index (χ1n) is 7.94. The Morgan fingerprint density at radius 1 is 1.36 bits per heavy atom. The summed E-state index contributed by atoms with van der Waals surface area (Å²) in [5.74, 6) is 1.18. The fraction of sp³-hybridized carbons (Fsp3) is 0.263. The van der Waals surface area contributed by atoms with Crippen molar-refractivity contribution in [2.75, 3.05) is 11.5 Å². The molecule has 0 fully saturated rings. The summed E-state index contributed by atoms with van der Waals surface area (Å²) in [5.41, 5.74) is 2.72. The first-order valence-corrected chi connectivity index (χ1v) is 8.73. The van der Waals surface area contributed by atoms with E-state index in [0.717, 1.165) is 21.3 Å². The molecule has 3 rings (SSSR count). The van der Waals surface area contributed by atoms with E-state index < -0.39 is 0 Å². The zero-order valence-corrected chi connectivity index (χ0v) is 16.0. The number of halogens is 1. The Morgan fingerprint density at radius 3 is 2.84 bits per heavy atom. The van der Waals surface area contributed by atoms with Crippen LogP contribution in [0.5, 0.6) is 11.6 Å². The van der Waals surface area contributed by atoms with Crippen LogP contribution >= 0.6 is 15.9 Å². The van der Waals surface area contributed by atoms with Gasteiger partial charge in [-0.15, -0.1) is 0 Å². The average Bonchev–Trinajstić information content (AvgIpc) is 2.59. The molecule has 130 valence electrons. The summed E-state index contributed by atoms with van der Waals surface area (Å²) in [6.07, 6.45) is 1.19. The van der Waals surface area contributed by atoms with Crippen LogP contribution in [0.3, 0.4) is 0 Å². The molecule has 1 atom stereocenters. The third-order valence-corrected chi connectivity index (χ3v) is 4.79. The monoisotopic (exact) mass is 402 g/mol. The van der Waals surface area contributed by atoms with E-state index in [1.54, 1.807) is 12.1 Å². The molecule has 2 heterocycles. The van der Waals surface area contributed by atoms with Crippen molar-refractivity contribution < 1.29 is 14.3 Å². The number of rotatable bonds is 3. The number of hydrogen-bond donors (Lipinski definition) is 0. The number of pyridine rings is 1. The Balaban J connectivity index is 2.12. The molecule has 1 amide bonds. The summed E-state index contributed by atoms with van der Waals surface area (Å²) in [6.45, 7) is 9.93. The van der Waals surface area contributed by atoms with Gasteiger partial charge in [-0.05, 0) is 62.2 Å². The second-order valence-electron chi connectivity index (χ2n) is 5.98. The lowest BCUT2D eigenvalue weighted by Crippen LogP contribution is -2.29. The third-order valence-electron chi connectivity index (χ3n) is 3.94. The Kier molecular flexibility index (Phi) is 4.81. The number of aryl methyl sites for hydroxylation is 2. The summed E-state index contributed by atoms with van der Waals surface area (Å²) < 4.78 is 12.3. The molecule has 2 aromatic rings. The summed E-state index contributed by atoms with van der Waals surface area (Å²) in [6, 6.07) is 7.44. The molecule has 1 unspecified atom stereocenters. The van der Waals surface area contributed by atoms with E-state index in [2.05, 4.69) is 27.5 Å². The zero-order valence-electron chi connectivity index (χ0n) is 14.4. The predicted molar refractivity (Wildman–Crippen MR) is 101 cm³/mol. The van der Waals surface area contributed by atoms with Crippen LogP contribution in [0.1, 0.15) is 18.1 Å². The number of amides is 1. The van der Waals surface area contributed by atoms with Crippen LogP contribution in [0.2, 0.25) is 0 Å². The normalized spacial score (nSPS) is 15.6. The summed E-state index contributed by atoms with van der Waals surface area (Å²) in [5, 5.41) is 0. The second-order valence-corrected chi connectivity index (χ2v) is 6.83. The van der Waals surface area contributed by atoms with E-state index in [4.69, 9.17) is 9.47 Å². The van der Waals surface area contributed by atoms with Gasteiger partial charge in [-0.25, -0.2) is 0 Å². The van der Waals surface area contributed by atoms with Gasteiger partial charge in [0.1, 0.15) is 18.5 Å². The van der Waals surface area contributed by atoms with Gasteiger partial charge in [-0.1, -0.05) is 22.5 Å². The highest BCUT2D eigenvalue weighted by Gasteiger charge is 2.24. The van der Waals surface area contributed by atoms with Crippen molar-refractivity contribution in [3.8, 4) is 11.6 Å². The number of benzene rings is 1. The molecular weight excluding hydrogens is 384 g/mol. The Labute approximate surface area is 155 Å². The van der Waals surface area contributed by atoms with Gasteiger partial charge in [-0.3, -0.25) is 9.69 Å². The molecule has 0 bridgehead atoms. The summed E-state index contributed by atoms with van der Waals surface area (Å²) in [4.78, 5) is 18.6. The van der Waals surface area contributed by atoms with E-state index in [0.29, 0.717) is 24.1 Å². The van der Waals surface area contributed by atoms with E-state index in [9.17, 15) is 4.79 Å². The Bertz CT molecular complexity index is 851. The van der Waals surface area contributed by atoms with E-state index in [1.807, 2.05) is 32.9 Å². The largest absolute Gasteiger partial charge is 0.484 e. The van der Waals surface area contributed by atoms with Crippen molar-refractivity contribution >= 4 is 33.3 Å². The van der Waals surface area contributed by atoms with E-state index >= 15 is 0 Å². The standard InChI is InChI=1S/C19H19BrN2O3/c1-5-18(23)22(15-9-11(2)14(20)8-12(15)3)17-7-6-16-19(21-17)25-13(4)10-24-16/h5-9,13H,1,10H2,2-4H3. The fourth-order valence-corrected chi connectivity index (χ4v) is 3.08. The number of nitrogens with zero attached hydrogens (tertiary/aromatic N) is 2. The number of carbonyl (C=O) groups excluding carboxylic acids is 1. The van der Waals surface area contributed by atoms with Gasteiger partial charge in [0.2, 0.25) is 0 Å². The fourth-order valence-electron chi connectivity index (χ4n) is 2.62. The highest BCUT2D eigenvalue weighted by Crippen LogP contribution is 2.36. The van der Waals surface area contributed by atoms with Crippen LogP contribution in [-0.4, -0.2) is 23.6 Å². The van der Waals surface area contributed by atoms with Crippen LogP contribution in [-0.2, 0) is 4.79 Å². The molecule has 1 aromatic carbocycles. The van der Waals surface area contributed by atoms with E-state index in [1.165, 1.54) is 11.0 Å². The number of hydrogen-bond acceptors (Lipinski definition) is 4. The zero-order chi connectivity index (χ0) is 18.1. The van der Waals surface area contributed by atoms with Crippen molar-refractivity contribution in [3.05, 3.63) is 52.5 Å². The van der Waals surface area contributed by atoms with Gasteiger partial charge >= 0.3 is 0 Å². The first kappa shape index (κ1) is 17.5. The van der Waals surface area contributed by atoms with Crippen LogP contribution in [0.15, 0.2) is 41.4 Å². The molecule has 0 radical (unpaired) electrons. The Hall–Kier alpha value is -2.34. The van der Waals surface area contributed by atoms with Crippen molar-refractivity contribution in [2.24, 2.45) is 0 Å². The van der Waals surface area contributed by atoms with Crippen molar-refractivity contribution in [1.29, 1.82) is 0 Å². The van der Waals surface area contributed by atoms with Crippen molar-refractivity contribution in [2.45, 2.75) is 26.9 Å². The maximum absolute atomic E-state index is 12.6. The van der Waals surface area contributed by atoms with E-state index in [-0.39, 0.29) is 12.0 Å². The minimum absolute atomic E-state index is 0.0875. The number of ether oxygens (including phenoxy) is 2. The van der Waals surface area contributed by atoms with Crippen LogP contribution < -0.4 is 14.4 Å². The van der Waals surface area contributed by atoms with Gasteiger partial charge in [0.25, 0.3) is 11.8 Å². The van der Waals surface area contributed by atoms with Crippen LogP contribution in [0.4, 0.5) is 11.5 Å². The molecule has 0 spiro atoms. The molecule has 0 N–H and O–H groups in total. The SMILES string of the molecule is C=CC(=O)N(c1ccc2c(n1)OC(C)CO2)c1cc(C)c(Br)cc1C. The van der Waals surface area contributed by atoms with Crippen LogP contribution in [0.25, 0.3) is 0 Å². The molecule has 6 heteroatoms. The second kappa shape index (κ2) is 6.88. The van der Waals surface area contributed by atoms with Crippen molar-refractivity contribution in [1.82, 2.24) is 4.98 Å². The van der Waals surface area contributed by atoms with Crippen molar-refractivity contribution in [3.63, 3.8) is 0 Å². The Morgan fingerprint density at radius 2 is 2.12 bits per heavy atom. The molecule has 5 nitrogen and oxygen atoms in total. The van der Waals surface area contributed by atoms with Gasteiger partial charge in [0.05, 0.1) is 5.69 Å². The third kappa shape index (κ3) is 3.39. The van der Waals surface area contributed by atoms with Gasteiger partial charge in [0, 0.05) is 4.47 Å². The van der Waals surface area contributed by atoms with Gasteiger partial charge in [0.15, 0.2) is 5.75 Å². The number of anilines is 2. The minimum atomic E-state index is -0.262. The number of carbonyl (C=O) groups is 1. The van der Waals surface area contributed by atoms with Gasteiger partial charge in [-0.2, -0.15) is 4.98 Å². The lowest BCUT2D eigenvalue weighted by molar-refractivity contribution is -0.113. The summed E-state index contributed by atoms with van der Waals surface area (Å²) in [7, 11) is 0. The topological polar surface area (TPSA) is 51.7 Å². The highest BCUT2D eigenvalue weighted by atomic mass is 79.9. The molecule has 1 aromatic heterocycles. The lowest BCUT2D eigenvalue weighted by Gasteiger charge is -2.27. The first-order chi connectivity index (χ1) is 11.9. The molecule has 25 heavy (non-hydrogen) atoms. The quantitative estimate of drug-likeness (QED) is 0.710. The maximum atomic E-state index is 12.6. The number of aromatic nitrogens is 1. The molecule has 0 saturated carbocycles. The predicted octanol–water partition coefficient (Wildman–Crippen LogP) is 4.47. The molecular formula is C19H19BrN2O3. The molecule has 1 aliphatic heterocycles. The maximum Gasteiger partial charge on any atom is 0.259 e.